The third-order valence-electron chi connectivity index (χ3n) is 1.63. The van der Waals surface area contributed by atoms with Crippen molar-refractivity contribution in [1.82, 2.24) is 0 Å². The second-order valence-corrected chi connectivity index (χ2v) is 3.84. The first kappa shape index (κ1) is 12.5. The fourth-order valence-electron chi connectivity index (χ4n) is 0.920. The zero-order valence-corrected chi connectivity index (χ0v) is 8.80. The molecule has 0 heterocycles. The molecule has 76 valence electrons. The Kier molecular flexibility index (Phi) is 5.77. The van der Waals surface area contributed by atoms with Gasteiger partial charge in [0.2, 0.25) is 0 Å². The molecule has 0 spiro atoms. The van der Waals surface area contributed by atoms with E-state index < -0.39 is 11.7 Å². The molecule has 1 atom stereocenters. The van der Waals surface area contributed by atoms with Crippen molar-refractivity contribution < 1.29 is 10.2 Å². The van der Waals surface area contributed by atoms with Gasteiger partial charge in [0, 0.05) is 0 Å². The second-order valence-electron chi connectivity index (χ2n) is 3.84. The number of unbranched alkanes of at least 4 members (excludes halogenated alkanes) is 2. The number of hydrogen-bond acceptors (Lipinski definition) is 2. The molecule has 0 saturated heterocycles. The van der Waals surface area contributed by atoms with E-state index >= 15 is 0 Å². The molecule has 0 fully saturated rings. The van der Waals surface area contributed by atoms with Crippen molar-refractivity contribution in [2.24, 2.45) is 0 Å². The highest BCUT2D eigenvalue weighted by Crippen LogP contribution is 2.03. The van der Waals surface area contributed by atoms with Crippen LogP contribution in [0.15, 0.2) is 0 Å². The standard InChI is InChI=1S/C11H20O2/c1-4-5-6-7-10(12)8-9-11(2,3)13/h10,12-13H,4-7H2,1-3H3/t10-/m0/s1. The van der Waals surface area contributed by atoms with Gasteiger partial charge in [0.25, 0.3) is 0 Å². The van der Waals surface area contributed by atoms with Crippen LogP contribution in [0.4, 0.5) is 0 Å². The summed E-state index contributed by atoms with van der Waals surface area (Å²) in [5.41, 5.74) is -0.994. The lowest BCUT2D eigenvalue weighted by atomic mass is 10.1. The predicted molar refractivity (Wildman–Crippen MR) is 54.2 cm³/mol. The SMILES string of the molecule is CCCCC[C@H](O)C#CC(C)(C)O. The van der Waals surface area contributed by atoms with Crippen molar-refractivity contribution in [2.75, 3.05) is 0 Å². The Hall–Kier alpha value is -0.520. The number of aliphatic hydroxyl groups excluding tert-OH is 1. The number of rotatable bonds is 4. The topological polar surface area (TPSA) is 40.5 Å². The van der Waals surface area contributed by atoms with E-state index in [1.807, 2.05) is 0 Å². The lowest BCUT2D eigenvalue weighted by Gasteiger charge is -2.07. The lowest BCUT2D eigenvalue weighted by Crippen LogP contribution is -2.16. The molecule has 0 saturated carbocycles. The molecule has 2 nitrogen and oxygen atoms in total. The van der Waals surface area contributed by atoms with E-state index in [0.717, 1.165) is 19.3 Å². The second kappa shape index (κ2) is 6.01. The molecule has 0 radical (unpaired) electrons. The summed E-state index contributed by atoms with van der Waals surface area (Å²) in [6.07, 6.45) is 3.39. The van der Waals surface area contributed by atoms with Crippen molar-refractivity contribution in [2.45, 2.75) is 58.2 Å². The highest BCUT2D eigenvalue weighted by molar-refractivity contribution is 5.13. The molecule has 0 aliphatic rings. The maximum absolute atomic E-state index is 9.35. The molecule has 0 aromatic rings. The van der Waals surface area contributed by atoms with Crippen LogP contribution in [-0.4, -0.2) is 21.9 Å². The molecule has 0 amide bonds. The Balaban J connectivity index is 3.71. The van der Waals surface area contributed by atoms with Gasteiger partial charge in [-0.05, 0) is 26.7 Å². The quantitative estimate of drug-likeness (QED) is 0.515. The number of aliphatic hydroxyl groups is 2. The van der Waals surface area contributed by atoms with E-state index in [4.69, 9.17) is 0 Å². The Morgan fingerprint density at radius 3 is 2.38 bits per heavy atom. The van der Waals surface area contributed by atoms with Gasteiger partial charge in [-0.3, -0.25) is 0 Å². The summed E-state index contributed by atoms with van der Waals surface area (Å²) < 4.78 is 0. The Labute approximate surface area is 81.0 Å². The van der Waals surface area contributed by atoms with Gasteiger partial charge < -0.3 is 10.2 Å². The highest BCUT2D eigenvalue weighted by Gasteiger charge is 2.07. The molecule has 0 unspecified atom stereocenters. The minimum Gasteiger partial charge on any atom is -0.380 e. The van der Waals surface area contributed by atoms with Crippen LogP contribution in [0.5, 0.6) is 0 Å². The summed E-state index contributed by atoms with van der Waals surface area (Å²) in [4.78, 5) is 0. The van der Waals surface area contributed by atoms with Crippen LogP contribution >= 0.6 is 0 Å². The van der Waals surface area contributed by atoms with Crippen molar-refractivity contribution >= 4 is 0 Å². The summed E-state index contributed by atoms with van der Waals surface area (Å²) in [6, 6.07) is 0. The van der Waals surface area contributed by atoms with Gasteiger partial charge in [-0.25, -0.2) is 0 Å². The minimum atomic E-state index is -0.994. The molecule has 0 rings (SSSR count). The van der Waals surface area contributed by atoms with Crippen LogP contribution in [0.2, 0.25) is 0 Å². The van der Waals surface area contributed by atoms with Crippen LogP contribution in [-0.2, 0) is 0 Å². The Morgan fingerprint density at radius 2 is 1.92 bits per heavy atom. The van der Waals surface area contributed by atoms with E-state index in [-0.39, 0.29) is 0 Å². The van der Waals surface area contributed by atoms with Gasteiger partial charge in [0.15, 0.2) is 0 Å². The average molecular weight is 184 g/mol. The maximum Gasteiger partial charge on any atom is 0.120 e. The first-order valence-corrected chi connectivity index (χ1v) is 4.89. The Bertz CT molecular complexity index is 180. The molecule has 13 heavy (non-hydrogen) atoms. The summed E-state index contributed by atoms with van der Waals surface area (Å²) >= 11 is 0. The first-order chi connectivity index (χ1) is 5.95. The van der Waals surface area contributed by atoms with Gasteiger partial charge in [0.05, 0.1) is 0 Å². The van der Waals surface area contributed by atoms with E-state index in [0.29, 0.717) is 6.42 Å². The third kappa shape index (κ3) is 9.39. The molecule has 0 aliphatic carbocycles. The fourth-order valence-corrected chi connectivity index (χ4v) is 0.920. The van der Waals surface area contributed by atoms with E-state index in [1.165, 1.54) is 0 Å². The normalized spacial score (nSPS) is 13.3. The summed E-state index contributed by atoms with van der Waals surface area (Å²) in [6.45, 7) is 5.34. The van der Waals surface area contributed by atoms with Gasteiger partial charge in [-0.15, -0.1) is 0 Å². The summed E-state index contributed by atoms with van der Waals surface area (Å²) in [5, 5.41) is 18.6. The van der Waals surface area contributed by atoms with Gasteiger partial charge >= 0.3 is 0 Å². The molecular weight excluding hydrogens is 164 g/mol. The lowest BCUT2D eigenvalue weighted by molar-refractivity contribution is 0.142. The highest BCUT2D eigenvalue weighted by atomic mass is 16.3. The smallest absolute Gasteiger partial charge is 0.120 e. The van der Waals surface area contributed by atoms with Crippen LogP contribution in [0, 0.1) is 11.8 Å². The molecule has 2 heteroatoms. The number of hydrogen-bond donors (Lipinski definition) is 2. The average Bonchev–Trinajstić information content (AvgIpc) is 2.00. The van der Waals surface area contributed by atoms with E-state index in [1.54, 1.807) is 13.8 Å². The first-order valence-electron chi connectivity index (χ1n) is 4.89. The summed E-state index contributed by atoms with van der Waals surface area (Å²) in [7, 11) is 0. The van der Waals surface area contributed by atoms with Crippen molar-refractivity contribution in [3.63, 3.8) is 0 Å². The van der Waals surface area contributed by atoms with Crippen LogP contribution in [0.3, 0.4) is 0 Å². The third-order valence-corrected chi connectivity index (χ3v) is 1.63. The molecular formula is C11H20O2. The van der Waals surface area contributed by atoms with Crippen LogP contribution in [0.1, 0.15) is 46.5 Å². The summed E-state index contributed by atoms with van der Waals surface area (Å²) in [5.74, 6) is 5.24. The maximum atomic E-state index is 9.35. The monoisotopic (exact) mass is 184 g/mol. The van der Waals surface area contributed by atoms with Gasteiger partial charge in [0.1, 0.15) is 11.7 Å². The minimum absolute atomic E-state index is 0.585. The zero-order chi connectivity index (χ0) is 10.3. The van der Waals surface area contributed by atoms with Crippen molar-refractivity contribution in [1.29, 1.82) is 0 Å². The van der Waals surface area contributed by atoms with Gasteiger partial charge in [-0.1, -0.05) is 31.6 Å². The molecule has 0 bridgehead atoms. The predicted octanol–water partition coefficient (Wildman–Crippen LogP) is 1.70. The van der Waals surface area contributed by atoms with Crippen molar-refractivity contribution in [3.8, 4) is 11.8 Å². The van der Waals surface area contributed by atoms with Crippen LogP contribution < -0.4 is 0 Å². The Morgan fingerprint density at radius 1 is 1.31 bits per heavy atom. The van der Waals surface area contributed by atoms with Crippen molar-refractivity contribution in [3.05, 3.63) is 0 Å². The van der Waals surface area contributed by atoms with E-state index in [9.17, 15) is 10.2 Å². The molecule has 0 aromatic heterocycles. The van der Waals surface area contributed by atoms with Crippen LogP contribution in [0.25, 0.3) is 0 Å². The van der Waals surface area contributed by atoms with E-state index in [2.05, 4.69) is 18.8 Å². The largest absolute Gasteiger partial charge is 0.380 e. The fraction of sp³-hybridized carbons (Fsp3) is 0.818. The van der Waals surface area contributed by atoms with Gasteiger partial charge in [-0.2, -0.15) is 0 Å². The molecule has 0 aromatic carbocycles. The molecule has 2 N–H and O–H groups in total. The molecule has 0 aliphatic heterocycles. The zero-order valence-electron chi connectivity index (χ0n) is 8.80.